The van der Waals surface area contributed by atoms with E-state index in [9.17, 15) is 14.4 Å². The second kappa shape index (κ2) is 11.5. The molecule has 2 saturated heterocycles. The molecule has 1 aromatic heterocycles. The van der Waals surface area contributed by atoms with Gasteiger partial charge < -0.3 is 19.4 Å². The van der Waals surface area contributed by atoms with E-state index in [-0.39, 0.29) is 11.4 Å². The number of amides is 3. The maximum Gasteiger partial charge on any atom is 0.294 e. The third-order valence-electron chi connectivity index (χ3n) is 5.61. The fourth-order valence-electron chi connectivity index (χ4n) is 3.77. The molecule has 3 heterocycles. The summed E-state index contributed by atoms with van der Waals surface area (Å²) >= 11 is 8.11. The summed E-state index contributed by atoms with van der Waals surface area (Å²) in [6, 6.07) is 18.3. The summed E-state index contributed by atoms with van der Waals surface area (Å²) in [5.74, 6) is -0.551. The molecule has 1 N–H and O–H groups in total. The number of rotatable bonds is 7. The molecule has 37 heavy (non-hydrogen) atoms. The zero-order valence-corrected chi connectivity index (χ0v) is 21.9. The average molecular weight is 556 g/mol. The Labute approximate surface area is 227 Å². The first-order valence-corrected chi connectivity index (χ1v) is 13.5. The highest BCUT2D eigenvalue weighted by molar-refractivity contribution is 8.18. The first-order chi connectivity index (χ1) is 17.9. The van der Waals surface area contributed by atoms with E-state index in [1.54, 1.807) is 36.4 Å². The molecular weight excluding hydrogens is 534 g/mol. The lowest BCUT2D eigenvalue weighted by Gasteiger charge is -2.28. The molecule has 0 saturated carbocycles. The third-order valence-corrected chi connectivity index (χ3v) is 7.70. The molecule has 0 bridgehead atoms. The zero-order valence-electron chi connectivity index (χ0n) is 19.5. The predicted molar refractivity (Wildman–Crippen MR) is 145 cm³/mol. The SMILES string of the molecule is O=C(CN1C(=O)S/C(=C\c2ccc(Sc3ccc(Cl)cc3)o2)C1=O)Nc1ccc(N2CCOCC2)cc1. The van der Waals surface area contributed by atoms with Crippen molar-refractivity contribution < 1.29 is 23.5 Å². The van der Waals surface area contributed by atoms with Crippen molar-refractivity contribution in [1.82, 2.24) is 4.90 Å². The van der Waals surface area contributed by atoms with Crippen molar-refractivity contribution in [2.24, 2.45) is 0 Å². The quantitative estimate of drug-likeness (QED) is 0.377. The first kappa shape index (κ1) is 25.5. The van der Waals surface area contributed by atoms with E-state index in [1.807, 2.05) is 24.3 Å². The number of morpholine rings is 1. The standard InChI is InChI=1S/C26H22ClN3O5S2/c27-17-1-8-21(9-2-17)36-24-10-7-20(35-24)15-22-25(32)30(26(33)37-22)16-23(31)28-18-3-5-19(6-4-18)29-11-13-34-14-12-29/h1-10,15H,11-14,16H2,(H,28,31)/b22-15-. The largest absolute Gasteiger partial charge is 0.450 e. The Kier molecular flexibility index (Phi) is 7.90. The molecule has 0 aliphatic carbocycles. The minimum atomic E-state index is -0.531. The van der Waals surface area contributed by atoms with Crippen LogP contribution >= 0.6 is 35.1 Å². The summed E-state index contributed by atoms with van der Waals surface area (Å²) in [4.78, 5) is 42.1. The minimum Gasteiger partial charge on any atom is -0.450 e. The lowest BCUT2D eigenvalue weighted by Crippen LogP contribution is -2.36. The summed E-state index contributed by atoms with van der Waals surface area (Å²) in [6.07, 6.45) is 1.51. The van der Waals surface area contributed by atoms with Gasteiger partial charge in [0.15, 0.2) is 5.09 Å². The number of imide groups is 1. The van der Waals surface area contributed by atoms with Gasteiger partial charge in [0.2, 0.25) is 5.91 Å². The molecule has 0 atom stereocenters. The molecule has 2 aliphatic heterocycles. The number of benzene rings is 2. The number of furan rings is 1. The van der Waals surface area contributed by atoms with Gasteiger partial charge in [-0.25, -0.2) is 0 Å². The number of anilines is 2. The summed E-state index contributed by atoms with van der Waals surface area (Å²) in [5, 5.41) is 3.52. The number of nitrogens with zero attached hydrogens (tertiary/aromatic N) is 2. The van der Waals surface area contributed by atoms with Crippen LogP contribution in [0.1, 0.15) is 5.76 Å². The number of halogens is 1. The summed E-state index contributed by atoms with van der Waals surface area (Å²) in [5.41, 5.74) is 1.64. The van der Waals surface area contributed by atoms with Crippen molar-refractivity contribution in [3.05, 3.63) is 76.4 Å². The van der Waals surface area contributed by atoms with Crippen LogP contribution in [-0.2, 0) is 14.3 Å². The molecule has 0 unspecified atom stereocenters. The van der Waals surface area contributed by atoms with Gasteiger partial charge in [0.05, 0.1) is 18.1 Å². The van der Waals surface area contributed by atoms with Crippen LogP contribution in [0.25, 0.3) is 6.08 Å². The second-order valence-electron chi connectivity index (χ2n) is 8.18. The predicted octanol–water partition coefficient (Wildman–Crippen LogP) is 5.60. The van der Waals surface area contributed by atoms with Gasteiger partial charge in [-0.3, -0.25) is 19.3 Å². The fourth-order valence-corrected chi connectivity index (χ4v) is 5.50. The van der Waals surface area contributed by atoms with E-state index in [0.717, 1.165) is 40.3 Å². The van der Waals surface area contributed by atoms with Crippen molar-refractivity contribution in [2.75, 3.05) is 43.1 Å². The molecule has 2 aliphatic rings. The highest BCUT2D eigenvalue weighted by Gasteiger charge is 2.36. The molecule has 11 heteroatoms. The van der Waals surface area contributed by atoms with Crippen LogP contribution in [0.3, 0.4) is 0 Å². The lowest BCUT2D eigenvalue weighted by atomic mass is 10.2. The minimum absolute atomic E-state index is 0.199. The molecule has 5 rings (SSSR count). The van der Waals surface area contributed by atoms with Gasteiger partial charge >= 0.3 is 0 Å². The lowest BCUT2D eigenvalue weighted by molar-refractivity contribution is -0.127. The Morgan fingerprint density at radius 1 is 1.03 bits per heavy atom. The van der Waals surface area contributed by atoms with E-state index in [1.165, 1.54) is 17.8 Å². The number of nitrogens with one attached hydrogen (secondary N) is 1. The van der Waals surface area contributed by atoms with Gasteiger partial charge in [-0.1, -0.05) is 23.4 Å². The summed E-state index contributed by atoms with van der Waals surface area (Å²) < 4.78 is 11.2. The monoisotopic (exact) mass is 555 g/mol. The van der Waals surface area contributed by atoms with Crippen LogP contribution in [0.5, 0.6) is 0 Å². The van der Waals surface area contributed by atoms with E-state index in [2.05, 4.69) is 10.2 Å². The Balaban J connectivity index is 1.17. The van der Waals surface area contributed by atoms with Gasteiger partial charge in [-0.2, -0.15) is 0 Å². The van der Waals surface area contributed by atoms with Crippen molar-refractivity contribution >= 4 is 69.6 Å². The second-order valence-corrected chi connectivity index (χ2v) is 10.7. The Morgan fingerprint density at radius 3 is 2.49 bits per heavy atom. The van der Waals surface area contributed by atoms with Crippen LogP contribution in [0.4, 0.5) is 16.2 Å². The smallest absolute Gasteiger partial charge is 0.294 e. The number of hydrogen-bond acceptors (Lipinski definition) is 8. The molecule has 0 spiro atoms. The highest BCUT2D eigenvalue weighted by Crippen LogP contribution is 2.34. The number of hydrogen-bond donors (Lipinski definition) is 1. The third kappa shape index (κ3) is 6.40. The van der Waals surface area contributed by atoms with E-state index in [0.29, 0.717) is 34.8 Å². The van der Waals surface area contributed by atoms with Crippen LogP contribution in [0.15, 0.2) is 80.0 Å². The topological polar surface area (TPSA) is 92.1 Å². The maximum absolute atomic E-state index is 12.8. The first-order valence-electron chi connectivity index (χ1n) is 11.5. The van der Waals surface area contributed by atoms with Crippen LogP contribution in [0.2, 0.25) is 5.02 Å². The molecule has 3 amide bonds. The van der Waals surface area contributed by atoms with E-state index < -0.39 is 17.1 Å². The highest BCUT2D eigenvalue weighted by atomic mass is 35.5. The Hall–Kier alpha value is -3.18. The molecule has 2 fully saturated rings. The van der Waals surface area contributed by atoms with E-state index in [4.69, 9.17) is 20.8 Å². The molecule has 3 aromatic rings. The Bertz CT molecular complexity index is 1340. The van der Waals surface area contributed by atoms with Crippen LogP contribution in [-0.4, -0.2) is 54.8 Å². The van der Waals surface area contributed by atoms with Crippen molar-refractivity contribution in [3.8, 4) is 0 Å². The number of carbonyl (C=O) groups excluding carboxylic acids is 3. The van der Waals surface area contributed by atoms with Gasteiger partial charge in [0.1, 0.15) is 12.3 Å². The summed E-state index contributed by atoms with van der Waals surface area (Å²) in [6.45, 7) is 2.64. The molecule has 0 radical (unpaired) electrons. The molecule has 8 nitrogen and oxygen atoms in total. The zero-order chi connectivity index (χ0) is 25.8. The molecular formula is C26H22ClN3O5S2. The van der Waals surface area contributed by atoms with Crippen LogP contribution < -0.4 is 10.2 Å². The normalized spacial score (nSPS) is 17.1. The summed E-state index contributed by atoms with van der Waals surface area (Å²) in [7, 11) is 0. The van der Waals surface area contributed by atoms with Crippen molar-refractivity contribution in [1.29, 1.82) is 0 Å². The maximum atomic E-state index is 12.8. The van der Waals surface area contributed by atoms with Gasteiger partial charge in [-0.05, 0) is 72.4 Å². The number of ether oxygens (including phenoxy) is 1. The average Bonchev–Trinajstić information content (AvgIpc) is 3.45. The number of carbonyl (C=O) groups is 3. The molecule has 190 valence electrons. The van der Waals surface area contributed by atoms with Gasteiger partial charge in [0.25, 0.3) is 11.1 Å². The van der Waals surface area contributed by atoms with Crippen LogP contribution in [0, 0.1) is 0 Å². The van der Waals surface area contributed by atoms with E-state index >= 15 is 0 Å². The van der Waals surface area contributed by atoms with Crippen molar-refractivity contribution in [3.63, 3.8) is 0 Å². The molecule has 2 aromatic carbocycles. The Morgan fingerprint density at radius 2 is 1.76 bits per heavy atom. The van der Waals surface area contributed by atoms with Gasteiger partial charge in [0, 0.05) is 40.5 Å². The van der Waals surface area contributed by atoms with Crippen molar-refractivity contribution in [2.45, 2.75) is 9.99 Å². The fraction of sp³-hybridized carbons (Fsp3) is 0.192. The van der Waals surface area contributed by atoms with Gasteiger partial charge in [-0.15, -0.1) is 0 Å². The number of thioether (sulfide) groups is 1.